The van der Waals surface area contributed by atoms with E-state index >= 15 is 0 Å². The Morgan fingerprint density at radius 2 is 0.794 bits per heavy atom. The fraction of sp³-hybridized carbons (Fsp3) is 0. The van der Waals surface area contributed by atoms with Crippen molar-refractivity contribution >= 4 is 65.6 Å². The van der Waals surface area contributed by atoms with E-state index in [0.717, 1.165) is 44.4 Å². The van der Waals surface area contributed by atoms with Gasteiger partial charge in [0.2, 0.25) is 0 Å². The molecule has 13 aromatic rings. The minimum absolute atomic E-state index is 0.900. The zero-order chi connectivity index (χ0) is 41.4. The van der Waals surface area contributed by atoms with Gasteiger partial charge in [-0.2, -0.15) is 0 Å². The Balaban J connectivity index is 1.02. The molecule has 0 radical (unpaired) electrons. The number of nitrogens with zero attached hydrogens (tertiary/aromatic N) is 2. The standard InChI is InChI=1S/C60H38N2O/c1-4-15-39(16-5-1)46-31-27-44(43-30-34-59-51(36-43)49-22-11-13-26-58(49)63-59)38-57(46)62-53-24-12-10-21-48(53)50-35-41(28-32-54(50)62)42-29-33-55-52(37-42)60-47(40-17-6-2-7-18-40)23-14-25-56(60)61(55)45-19-8-3-9-20-45/h1-38H. The maximum absolute atomic E-state index is 6.22. The molecule has 0 amide bonds. The second kappa shape index (κ2) is 14.1. The number of furan rings is 1. The van der Waals surface area contributed by atoms with Gasteiger partial charge < -0.3 is 13.6 Å². The molecule has 3 aromatic heterocycles. The van der Waals surface area contributed by atoms with Crippen LogP contribution in [0.15, 0.2) is 235 Å². The Kier molecular flexibility index (Phi) is 7.91. The SMILES string of the molecule is c1ccc(-c2ccc(-c3ccc4oc5ccccc5c4c3)cc2-n2c3ccccc3c3cc(-c4ccc5c(c4)c4c(-c6ccccc6)cccc4n5-c4ccccc4)ccc32)cc1. The molecule has 3 heteroatoms. The first kappa shape index (κ1) is 35.4. The lowest BCUT2D eigenvalue weighted by Gasteiger charge is -2.16. The summed E-state index contributed by atoms with van der Waals surface area (Å²) < 4.78 is 11.1. The average molecular weight is 803 g/mol. The van der Waals surface area contributed by atoms with Crippen LogP contribution in [0.25, 0.3) is 121 Å². The Labute approximate surface area is 363 Å². The van der Waals surface area contributed by atoms with Crippen LogP contribution in [-0.4, -0.2) is 9.13 Å². The quantitative estimate of drug-likeness (QED) is 0.164. The Hall–Kier alpha value is -8.40. The van der Waals surface area contributed by atoms with Crippen molar-refractivity contribution < 1.29 is 4.42 Å². The fourth-order valence-electron chi connectivity index (χ4n) is 10.0. The van der Waals surface area contributed by atoms with Crippen molar-refractivity contribution in [1.82, 2.24) is 9.13 Å². The number of hydrogen-bond donors (Lipinski definition) is 0. The number of fused-ring (bicyclic) bond motifs is 9. The molecule has 0 bridgehead atoms. The van der Waals surface area contributed by atoms with Crippen LogP contribution in [0.3, 0.4) is 0 Å². The van der Waals surface area contributed by atoms with E-state index in [1.807, 2.05) is 12.1 Å². The second-order valence-corrected chi connectivity index (χ2v) is 16.5. The molecular formula is C60H38N2O. The normalized spacial score (nSPS) is 11.8. The van der Waals surface area contributed by atoms with E-state index in [4.69, 9.17) is 4.42 Å². The van der Waals surface area contributed by atoms with Gasteiger partial charge in [0, 0.05) is 43.6 Å². The van der Waals surface area contributed by atoms with Gasteiger partial charge in [-0.25, -0.2) is 0 Å². The molecule has 0 fully saturated rings. The van der Waals surface area contributed by atoms with Crippen LogP contribution in [0.4, 0.5) is 0 Å². The van der Waals surface area contributed by atoms with Crippen molar-refractivity contribution in [2.75, 3.05) is 0 Å². The highest BCUT2D eigenvalue weighted by atomic mass is 16.3. The van der Waals surface area contributed by atoms with Crippen molar-refractivity contribution in [3.05, 3.63) is 231 Å². The lowest BCUT2D eigenvalue weighted by Crippen LogP contribution is -1.98. The first-order valence-electron chi connectivity index (χ1n) is 21.6. The van der Waals surface area contributed by atoms with Crippen molar-refractivity contribution in [3.8, 4) is 55.9 Å². The topological polar surface area (TPSA) is 23.0 Å². The number of rotatable bonds is 6. The summed E-state index contributed by atoms with van der Waals surface area (Å²) in [7, 11) is 0. The first-order chi connectivity index (χ1) is 31.2. The van der Waals surface area contributed by atoms with Gasteiger partial charge in [-0.15, -0.1) is 0 Å². The number of para-hydroxylation sites is 3. The summed E-state index contributed by atoms with van der Waals surface area (Å²) in [5.74, 6) is 0. The van der Waals surface area contributed by atoms with Crippen LogP contribution in [0.2, 0.25) is 0 Å². The van der Waals surface area contributed by atoms with Gasteiger partial charge in [0.05, 0.1) is 27.8 Å². The van der Waals surface area contributed by atoms with Gasteiger partial charge in [0.25, 0.3) is 0 Å². The third-order valence-corrected chi connectivity index (χ3v) is 12.9. The lowest BCUT2D eigenvalue weighted by atomic mass is 9.96. The molecule has 294 valence electrons. The molecular weight excluding hydrogens is 765 g/mol. The molecule has 0 saturated carbocycles. The number of benzene rings is 10. The summed E-state index contributed by atoms with van der Waals surface area (Å²) in [6.45, 7) is 0. The summed E-state index contributed by atoms with van der Waals surface area (Å²) in [5.41, 5.74) is 18.3. The molecule has 0 aliphatic carbocycles. The molecule has 0 spiro atoms. The molecule has 0 aliphatic heterocycles. The van der Waals surface area contributed by atoms with E-state index in [-0.39, 0.29) is 0 Å². The van der Waals surface area contributed by atoms with Gasteiger partial charge in [0.1, 0.15) is 11.2 Å². The van der Waals surface area contributed by atoms with Crippen molar-refractivity contribution in [2.45, 2.75) is 0 Å². The largest absolute Gasteiger partial charge is 0.456 e. The van der Waals surface area contributed by atoms with Crippen LogP contribution in [0.1, 0.15) is 0 Å². The second-order valence-electron chi connectivity index (χ2n) is 16.5. The highest BCUT2D eigenvalue weighted by Gasteiger charge is 2.20. The van der Waals surface area contributed by atoms with E-state index < -0.39 is 0 Å². The molecule has 13 rings (SSSR count). The molecule has 0 unspecified atom stereocenters. The maximum atomic E-state index is 6.22. The molecule has 63 heavy (non-hydrogen) atoms. The molecule has 0 aliphatic rings. The third kappa shape index (κ3) is 5.60. The van der Waals surface area contributed by atoms with Crippen LogP contribution >= 0.6 is 0 Å². The average Bonchev–Trinajstić information content (AvgIpc) is 4.01. The maximum Gasteiger partial charge on any atom is 0.135 e. The zero-order valence-electron chi connectivity index (χ0n) is 34.2. The monoisotopic (exact) mass is 802 g/mol. The Bertz CT molecular complexity index is 3890. The summed E-state index contributed by atoms with van der Waals surface area (Å²) in [5, 5.41) is 7.19. The number of hydrogen-bond acceptors (Lipinski definition) is 1. The van der Waals surface area contributed by atoms with Gasteiger partial charge in [0.15, 0.2) is 0 Å². The summed E-state index contributed by atoms with van der Waals surface area (Å²) >= 11 is 0. The van der Waals surface area contributed by atoms with E-state index in [0.29, 0.717) is 0 Å². The summed E-state index contributed by atoms with van der Waals surface area (Å²) in [6, 6.07) is 83.6. The summed E-state index contributed by atoms with van der Waals surface area (Å²) in [4.78, 5) is 0. The highest BCUT2D eigenvalue weighted by molar-refractivity contribution is 6.17. The highest BCUT2D eigenvalue weighted by Crippen LogP contribution is 2.43. The Morgan fingerprint density at radius 1 is 0.270 bits per heavy atom. The van der Waals surface area contributed by atoms with E-state index in [2.05, 4.69) is 228 Å². The molecule has 0 atom stereocenters. The van der Waals surface area contributed by atoms with Crippen molar-refractivity contribution in [2.24, 2.45) is 0 Å². The van der Waals surface area contributed by atoms with Crippen LogP contribution in [0, 0.1) is 0 Å². The van der Waals surface area contributed by atoms with Gasteiger partial charge in [-0.05, 0) is 112 Å². The van der Waals surface area contributed by atoms with Crippen molar-refractivity contribution in [3.63, 3.8) is 0 Å². The minimum atomic E-state index is 0.900. The number of aromatic nitrogens is 2. The summed E-state index contributed by atoms with van der Waals surface area (Å²) in [6.07, 6.45) is 0. The van der Waals surface area contributed by atoms with E-state index in [9.17, 15) is 0 Å². The Morgan fingerprint density at radius 3 is 1.56 bits per heavy atom. The van der Waals surface area contributed by atoms with Crippen LogP contribution < -0.4 is 0 Å². The minimum Gasteiger partial charge on any atom is -0.456 e. The van der Waals surface area contributed by atoms with Crippen LogP contribution in [-0.2, 0) is 0 Å². The molecule has 10 aromatic carbocycles. The van der Waals surface area contributed by atoms with Gasteiger partial charge >= 0.3 is 0 Å². The lowest BCUT2D eigenvalue weighted by molar-refractivity contribution is 0.669. The fourth-order valence-corrected chi connectivity index (χ4v) is 10.0. The first-order valence-corrected chi connectivity index (χ1v) is 21.6. The zero-order valence-corrected chi connectivity index (χ0v) is 34.2. The van der Waals surface area contributed by atoms with E-state index in [1.54, 1.807) is 0 Å². The predicted molar refractivity (Wildman–Crippen MR) is 264 cm³/mol. The van der Waals surface area contributed by atoms with Crippen molar-refractivity contribution in [1.29, 1.82) is 0 Å². The molecule has 3 nitrogen and oxygen atoms in total. The molecule has 3 heterocycles. The third-order valence-electron chi connectivity index (χ3n) is 12.9. The van der Waals surface area contributed by atoms with Gasteiger partial charge in [-0.3, -0.25) is 0 Å². The van der Waals surface area contributed by atoms with E-state index in [1.165, 1.54) is 77.0 Å². The smallest absolute Gasteiger partial charge is 0.135 e. The predicted octanol–water partition coefficient (Wildman–Crippen LogP) is 16.4. The van der Waals surface area contributed by atoms with Gasteiger partial charge in [-0.1, -0.05) is 158 Å². The van der Waals surface area contributed by atoms with Crippen LogP contribution in [0.5, 0.6) is 0 Å². The molecule has 0 saturated heterocycles. The molecule has 0 N–H and O–H groups in total.